The number of benzene rings is 1. The number of likely N-dealkylation sites (tertiary alicyclic amines) is 1. The second-order valence-corrected chi connectivity index (χ2v) is 6.73. The molecule has 144 valence electrons. The minimum absolute atomic E-state index is 0.0858. The van der Waals surface area contributed by atoms with E-state index in [-0.39, 0.29) is 17.9 Å². The number of ether oxygens (including phenoxy) is 1. The highest BCUT2D eigenvalue weighted by Gasteiger charge is 2.28. The molecule has 27 heavy (non-hydrogen) atoms. The van der Waals surface area contributed by atoms with Crippen molar-refractivity contribution in [2.45, 2.75) is 32.9 Å². The summed E-state index contributed by atoms with van der Waals surface area (Å²) in [6.45, 7) is 4.61. The van der Waals surface area contributed by atoms with E-state index in [1.807, 2.05) is 29.8 Å². The second-order valence-electron chi connectivity index (χ2n) is 6.73. The molecule has 1 fully saturated rings. The number of hydrogen-bond acceptors (Lipinski definition) is 4. The summed E-state index contributed by atoms with van der Waals surface area (Å²) in [5.41, 5.74) is 2.22. The van der Waals surface area contributed by atoms with Crippen molar-refractivity contribution in [2.24, 2.45) is 5.92 Å². The number of esters is 1. The minimum Gasteiger partial charge on any atom is -0.466 e. The molecule has 2 heterocycles. The van der Waals surface area contributed by atoms with Gasteiger partial charge in [0, 0.05) is 38.6 Å². The molecule has 0 bridgehead atoms. The topological polar surface area (TPSA) is 76.5 Å². The van der Waals surface area contributed by atoms with Crippen LogP contribution >= 0.6 is 0 Å². The molecule has 0 radical (unpaired) electrons. The summed E-state index contributed by atoms with van der Waals surface area (Å²) in [6.07, 6.45) is 6.79. The van der Waals surface area contributed by atoms with Crippen molar-refractivity contribution in [1.29, 1.82) is 0 Å². The van der Waals surface area contributed by atoms with Crippen LogP contribution in [0.2, 0.25) is 0 Å². The first-order valence-electron chi connectivity index (χ1n) is 9.38. The molecule has 1 aromatic heterocycles. The molecule has 3 rings (SSSR count). The highest BCUT2D eigenvalue weighted by atomic mass is 16.5. The minimum atomic E-state index is -0.146. The summed E-state index contributed by atoms with van der Waals surface area (Å²) in [4.78, 5) is 30.0. The quantitative estimate of drug-likeness (QED) is 0.793. The van der Waals surface area contributed by atoms with E-state index in [2.05, 4.69) is 22.4 Å². The zero-order chi connectivity index (χ0) is 19.1. The van der Waals surface area contributed by atoms with E-state index in [4.69, 9.17) is 4.74 Å². The maximum Gasteiger partial charge on any atom is 0.317 e. The molecule has 1 aromatic carbocycles. The van der Waals surface area contributed by atoms with E-state index < -0.39 is 0 Å². The molecule has 7 heteroatoms. The van der Waals surface area contributed by atoms with Crippen LogP contribution in [0.5, 0.6) is 0 Å². The summed E-state index contributed by atoms with van der Waals surface area (Å²) in [6, 6.07) is 8.07. The van der Waals surface area contributed by atoms with Crippen molar-refractivity contribution in [3.05, 3.63) is 54.1 Å². The Hall–Kier alpha value is -2.83. The van der Waals surface area contributed by atoms with Gasteiger partial charge in [-0.25, -0.2) is 9.78 Å². The number of hydrogen-bond donors (Lipinski definition) is 1. The fraction of sp³-hybridized carbons (Fsp3) is 0.450. The number of rotatable bonds is 6. The first kappa shape index (κ1) is 18.9. The largest absolute Gasteiger partial charge is 0.466 e. The molecule has 2 amide bonds. The lowest BCUT2D eigenvalue weighted by atomic mass is 9.97. The summed E-state index contributed by atoms with van der Waals surface area (Å²) in [7, 11) is 0. The number of carbonyl (C=O) groups excluding carboxylic acids is 2. The van der Waals surface area contributed by atoms with Crippen LogP contribution in [0.15, 0.2) is 43.0 Å². The van der Waals surface area contributed by atoms with Gasteiger partial charge in [-0.1, -0.05) is 24.3 Å². The molecule has 1 N–H and O–H groups in total. The Morgan fingerprint density at radius 1 is 1.26 bits per heavy atom. The zero-order valence-corrected chi connectivity index (χ0v) is 15.6. The molecule has 0 spiro atoms. The molecule has 1 aliphatic heterocycles. The van der Waals surface area contributed by atoms with Crippen LogP contribution in [0.25, 0.3) is 0 Å². The molecule has 0 atom stereocenters. The van der Waals surface area contributed by atoms with Crippen molar-refractivity contribution in [3.63, 3.8) is 0 Å². The van der Waals surface area contributed by atoms with Gasteiger partial charge >= 0.3 is 12.0 Å². The average molecular weight is 370 g/mol. The van der Waals surface area contributed by atoms with Crippen LogP contribution < -0.4 is 5.32 Å². The summed E-state index contributed by atoms with van der Waals surface area (Å²) < 4.78 is 7.07. The maximum atomic E-state index is 12.4. The van der Waals surface area contributed by atoms with Crippen LogP contribution in [0.4, 0.5) is 4.79 Å². The Labute approximate surface area is 159 Å². The van der Waals surface area contributed by atoms with Gasteiger partial charge in [0.2, 0.25) is 0 Å². The van der Waals surface area contributed by atoms with Gasteiger partial charge in [-0.3, -0.25) is 4.79 Å². The van der Waals surface area contributed by atoms with Gasteiger partial charge < -0.3 is 19.5 Å². The predicted molar refractivity (Wildman–Crippen MR) is 101 cm³/mol. The average Bonchev–Trinajstić information content (AvgIpc) is 3.20. The monoisotopic (exact) mass is 370 g/mol. The molecule has 0 unspecified atom stereocenters. The van der Waals surface area contributed by atoms with Gasteiger partial charge in [-0.15, -0.1) is 0 Å². The molecule has 0 saturated carbocycles. The van der Waals surface area contributed by atoms with Gasteiger partial charge in [0.15, 0.2) is 0 Å². The molecule has 1 saturated heterocycles. The van der Waals surface area contributed by atoms with Crippen molar-refractivity contribution in [3.8, 4) is 0 Å². The number of piperidine rings is 1. The van der Waals surface area contributed by atoms with Crippen molar-refractivity contribution in [1.82, 2.24) is 19.8 Å². The number of aromatic nitrogens is 2. The number of nitrogens with zero attached hydrogens (tertiary/aromatic N) is 3. The van der Waals surface area contributed by atoms with Gasteiger partial charge in [0.1, 0.15) is 0 Å². The van der Waals surface area contributed by atoms with Crippen molar-refractivity contribution >= 4 is 12.0 Å². The molecular weight excluding hydrogens is 344 g/mol. The smallest absolute Gasteiger partial charge is 0.317 e. The highest BCUT2D eigenvalue weighted by Crippen LogP contribution is 2.18. The maximum absolute atomic E-state index is 12.4. The van der Waals surface area contributed by atoms with E-state index in [1.54, 1.807) is 17.4 Å². The van der Waals surface area contributed by atoms with E-state index in [1.165, 1.54) is 0 Å². The Morgan fingerprint density at radius 3 is 2.74 bits per heavy atom. The lowest BCUT2D eigenvalue weighted by Gasteiger charge is -2.30. The van der Waals surface area contributed by atoms with Gasteiger partial charge in [-0.05, 0) is 30.9 Å². The van der Waals surface area contributed by atoms with Gasteiger partial charge in [-0.2, -0.15) is 0 Å². The van der Waals surface area contributed by atoms with E-state index in [0.717, 1.165) is 17.7 Å². The molecular formula is C20H26N4O3. The number of amides is 2. The first-order valence-corrected chi connectivity index (χ1v) is 9.38. The van der Waals surface area contributed by atoms with E-state index in [9.17, 15) is 9.59 Å². The van der Waals surface area contributed by atoms with Gasteiger partial charge in [0.25, 0.3) is 0 Å². The molecule has 7 nitrogen and oxygen atoms in total. The highest BCUT2D eigenvalue weighted by molar-refractivity contribution is 5.76. The Balaban J connectivity index is 1.46. The van der Waals surface area contributed by atoms with Gasteiger partial charge in [0.05, 0.1) is 18.9 Å². The number of imidazole rings is 1. The number of urea groups is 1. The number of nitrogens with one attached hydrogen (secondary N) is 1. The Bertz CT molecular complexity index is 752. The zero-order valence-electron chi connectivity index (χ0n) is 15.6. The van der Waals surface area contributed by atoms with Crippen LogP contribution in [0.3, 0.4) is 0 Å². The van der Waals surface area contributed by atoms with E-state index in [0.29, 0.717) is 39.1 Å². The first-order chi connectivity index (χ1) is 13.2. The fourth-order valence-corrected chi connectivity index (χ4v) is 3.30. The summed E-state index contributed by atoms with van der Waals surface area (Å²) >= 11 is 0. The SMILES string of the molecule is CCOC(=O)C1CCN(C(=O)NCc2cccc(Cn3ccnc3)c2)CC1. The molecule has 2 aromatic rings. The summed E-state index contributed by atoms with van der Waals surface area (Å²) in [5.74, 6) is -0.235. The third-order valence-electron chi connectivity index (χ3n) is 4.76. The van der Waals surface area contributed by atoms with Crippen molar-refractivity contribution in [2.75, 3.05) is 19.7 Å². The molecule has 0 aliphatic carbocycles. The van der Waals surface area contributed by atoms with Crippen LogP contribution in [-0.4, -0.2) is 46.1 Å². The lowest BCUT2D eigenvalue weighted by molar-refractivity contribution is -0.149. The normalized spacial score (nSPS) is 14.8. The Morgan fingerprint density at radius 2 is 2.04 bits per heavy atom. The summed E-state index contributed by atoms with van der Waals surface area (Å²) in [5, 5.41) is 2.98. The van der Waals surface area contributed by atoms with Crippen molar-refractivity contribution < 1.29 is 14.3 Å². The third kappa shape index (κ3) is 5.32. The second kappa shape index (κ2) is 9.21. The Kier molecular flexibility index (Phi) is 6.46. The molecule has 1 aliphatic rings. The van der Waals surface area contributed by atoms with Crippen LogP contribution in [0, 0.1) is 5.92 Å². The van der Waals surface area contributed by atoms with E-state index >= 15 is 0 Å². The fourth-order valence-electron chi connectivity index (χ4n) is 3.30. The van der Waals surface area contributed by atoms with Crippen LogP contribution in [-0.2, 0) is 22.6 Å². The third-order valence-corrected chi connectivity index (χ3v) is 4.76. The predicted octanol–water partition coefficient (Wildman–Crippen LogP) is 2.42. The lowest BCUT2D eigenvalue weighted by Crippen LogP contribution is -2.45. The van der Waals surface area contributed by atoms with Crippen LogP contribution in [0.1, 0.15) is 30.9 Å². The number of carbonyl (C=O) groups is 2. The standard InChI is InChI=1S/C20H26N4O3/c1-2-27-19(25)18-6-9-24(10-7-18)20(26)22-13-16-4-3-5-17(12-16)14-23-11-8-21-15-23/h3-5,8,11-12,15,18H,2,6-7,9-10,13-14H2,1H3,(H,22,26).